The van der Waals surface area contributed by atoms with Crippen molar-refractivity contribution in [1.82, 2.24) is 0 Å². The van der Waals surface area contributed by atoms with E-state index in [2.05, 4.69) is 12.6 Å². The molecule has 28 heteroatoms. The van der Waals surface area contributed by atoms with Gasteiger partial charge in [-0.15, -0.1) is 12.6 Å². The van der Waals surface area contributed by atoms with Crippen LogP contribution in [0.15, 0.2) is 145 Å². The number of nitrogens with zero attached hydrogens (tertiary/aromatic N) is 1. The van der Waals surface area contributed by atoms with Crippen LogP contribution in [0.25, 0.3) is 10.9 Å². The van der Waals surface area contributed by atoms with Crippen molar-refractivity contribution < 1.29 is 115 Å². The molecule has 0 aliphatic heterocycles. The number of Topliss-reactive ketones (excluding diaryl/α,β-unsaturated/α-hetero) is 1. The van der Waals surface area contributed by atoms with Gasteiger partial charge in [-0.1, -0.05) is 91.0 Å². The second-order valence-corrected chi connectivity index (χ2v) is 17.4. The van der Waals surface area contributed by atoms with Gasteiger partial charge in [0.1, 0.15) is 6.15 Å². The highest BCUT2D eigenvalue weighted by Crippen LogP contribution is 2.41. The smallest absolute Gasteiger partial charge is 0.287 e. The van der Waals surface area contributed by atoms with Crippen LogP contribution in [0.1, 0.15) is 54.9 Å². The minimum absolute atomic E-state index is 0.0969. The lowest BCUT2D eigenvalue weighted by molar-refractivity contribution is -0.658. The Hall–Kier alpha value is -6.87. The predicted molar refractivity (Wildman–Crippen MR) is 232 cm³/mol. The molecule has 0 amide bonds. The molecule has 0 atom stereocenters. The molecule has 0 saturated heterocycles. The fourth-order valence-electron chi connectivity index (χ4n) is 8.37. The zero-order valence-electron chi connectivity index (χ0n) is 37.4. The third-order valence-corrected chi connectivity index (χ3v) is 11.9. The molecule has 410 valence electrons. The summed E-state index contributed by atoms with van der Waals surface area (Å²) in [5.74, 6) is 0.0969. The van der Waals surface area contributed by atoms with E-state index in [0.29, 0.717) is 6.54 Å². The highest BCUT2D eigenvalue weighted by molar-refractivity contribution is 7.80. The molecule has 7 rings (SSSR count). The zero-order valence-corrected chi connectivity index (χ0v) is 38.3. The Kier molecular flexibility index (Phi) is 15.8. The van der Waals surface area contributed by atoms with Crippen LogP contribution >= 0.6 is 12.6 Å². The molecule has 1 heterocycles. The van der Waals surface area contributed by atoms with E-state index in [1.807, 2.05) is 71.4 Å². The maximum atomic E-state index is 14.2. The van der Waals surface area contributed by atoms with Gasteiger partial charge < -0.3 is 0 Å². The van der Waals surface area contributed by atoms with Gasteiger partial charge in [-0.2, -0.15) is 132 Å². The maximum absolute atomic E-state index is 14.2. The number of hydrogen-bond donors (Lipinski definition) is 1. The number of pyridine rings is 1. The van der Waals surface area contributed by atoms with E-state index in [1.165, 1.54) is 0 Å². The molecule has 0 saturated carbocycles. The summed E-state index contributed by atoms with van der Waals surface area (Å²) >= 11 is 4.41. The molecule has 0 bridgehead atoms. The summed E-state index contributed by atoms with van der Waals surface area (Å²) in [4.78, 5) is 13.2. The molecule has 0 radical (unpaired) electrons. The van der Waals surface area contributed by atoms with Gasteiger partial charge in [-0.05, 0) is 36.4 Å². The van der Waals surface area contributed by atoms with Gasteiger partial charge in [0.25, 0.3) is 0 Å². The van der Waals surface area contributed by atoms with Gasteiger partial charge in [0.2, 0.25) is 17.8 Å². The highest BCUT2D eigenvalue weighted by Gasteiger charge is 2.47. The van der Waals surface area contributed by atoms with Gasteiger partial charge in [-0.3, -0.25) is 4.79 Å². The fourth-order valence-corrected chi connectivity index (χ4v) is 8.65. The monoisotopic (exact) mass is 1140 g/mol. The Balaban J connectivity index is 0.000000397. The number of carbonyl (C=O) groups is 1. The van der Waals surface area contributed by atoms with Crippen molar-refractivity contribution in [2.45, 2.75) is 60.9 Å². The summed E-state index contributed by atoms with van der Waals surface area (Å²) in [6.45, 7) is 0.318. The predicted octanol–water partition coefficient (Wildman–Crippen LogP) is 14.5. The molecule has 0 spiro atoms. The van der Waals surface area contributed by atoms with Gasteiger partial charge in [0.15, 0.2) is 6.20 Å². The molecule has 0 N–H and O–H groups in total. The second kappa shape index (κ2) is 20.5. The van der Waals surface area contributed by atoms with Gasteiger partial charge in [0, 0.05) is 17.0 Å². The Bertz CT molecular complexity index is 2870. The van der Waals surface area contributed by atoms with Gasteiger partial charge in [-0.25, -0.2) is 0 Å². The van der Waals surface area contributed by atoms with E-state index in [1.54, 1.807) is 0 Å². The minimum atomic E-state index is -6.13. The molecule has 0 aliphatic carbocycles. The van der Waals surface area contributed by atoms with Crippen LogP contribution in [0.2, 0.25) is 0 Å². The number of aromatic nitrogens is 1. The molecule has 7 aromatic rings. The van der Waals surface area contributed by atoms with E-state index in [4.69, 9.17) is 0 Å². The van der Waals surface area contributed by atoms with Gasteiger partial charge in [0.05, 0.1) is 49.4 Å². The Morgan fingerprint density at radius 1 is 0.364 bits per heavy atom. The van der Waals surface area contributed by atoms with Crippen molar-refractivity contribution in [2.75, 3.05) is 0 Å². The summed E-state index contributed by atoms with van der Waals surface area (Å²) in [7, 11) is 0. The van der Waals surface area contributed by atoms with E-state index >= 15 is 0 Å². The van der Waals surface area contributed by atoms with Crippen molar-refractivity contribution in [3.05, 3.63) is 190 Å². The molecule has 0 fully saturated rings. The minimum Gasteiger partial charge on any atom is -0.287 e. The first-order chi connectivity index (χ1) is 35.0. The Labute approximate surface area is 421 Å². The van der Waals surface area contributed by atoms with Crippen LogP contribution in [-0.4, -0.2) is 11.9 Å². The number of para-hydroxylation sites is 1. The van der Waals surface area contributed by atoms with Crippen LogP contribution < -0.4 is 26.4 Å². The van der Waals surface area contributed by atoms with Crippen molar-refractivity contribution >= 4 is 57.3 Å². The Morgan fingerprint density at radius 2 is 0.623 bits per heavy atom. The number of ketones is 1. The summed E-state index contributed by atoms with van der Waals surface area (Å²) in [5, 5.41) is 1.08. The molecule has 6 aromatic carbocycles. The summed E-state index contributed by atoms with van der Waals surface area (Å²) < 4.78 is 343. The second-order valence-electron chi connectivity index (χ2n) is 16.9. The third kappa shape index (κ3) is 13.5. The van der Waals surface area contributed by atoms with Crippen molar-refractivity contribution in [1.29, 1.82) is 0 Å². The molecule has 0 unspecified atom stereocenters. The first-order valence-electron chi connectivity index (χ1n) is 21.1. The fraction of sp³-hybridized carbons (Fsp3) is 0.184. The highest BCUT2D eigenvalue weighted by atomic mass is 32.1. The molecule has 2 nitrogen and oxygen atoms in total. The largest absolute Gasteiger partial charge is 0.416 e. The quantitative estimate of drug-likeness (QED) is 0.0555. The average Bonchev–Trinajstić information content (AvgIpc) is 3.29. The van der Waals surface area contributed by atoms with Crippen molar-refractivity contribution in [3.63, 3.8) is 0 Å². The van der Waals surface area contributed by atoms with Crippen LogP contribution in [-0.2, 0) is 56.0 Å². The average molecular weight is 1140 g/mol. The number of carbonyl (C=O) groups excluding carboxylic acids is 1. The number of hydrogen-bond acceptors (Lipinski definition) is 2. The number of benzene rings is 6. The molecule has 77 heavy (non-hydrogen) atoms. The van der Waals surface area contributed by atoms with E-state index in [-0.39, 0.29) is 5.78 Å². The SMILES string of the molecule is FC(F)(F)c1cc([B-](c2cc(C(F)(F)F)cc(C(F)(F)F)c2)(c2cc(C(F)(F)F)cc(C(F)(F)F)c2)c2cc(C(F)(F)F)cc(C(F)(F)F)c2)cc(C(F)(F)F)c1.O=C(C[n+]1cc(S)cc2ccccc21)c1ccccc1. The van der Waals surface area contributed by atoms with E-state index in [0.717, 1.165) is 21.4 Å². The number of thiol groups is 1. The van der Waals surface area contributed by atoms with Crippen LogP contribution in [0.3, 0.4) is 0 Å². The summed E-state index contributed by atoms with van der Waals surface area (Å²) in [6.07, 6.45) is -52.9. The van der Waals surface area contributed by atoms with Gasteiger partial charge >= 0.3 is 49.4 Å². The first-order valence-corrected chi connectivity index (χ1v) is 21.5. The number of halogens is 24. The number of fused-ring (bicyclic) bond motifs is 1. The zero-order chi connectivity index (χ0) is 57.9. The van der Waals surface area contributed by atoms with Crippen LogP contribution in [0.5, 0.6) is 0 Å². The normalized spacial score (nSPS) is 13.4. The molecule has 1 aromatic heterocycles. The maximum Gasteiger partial charge on any atom is 0.416 e. The van der Waals surface area contributed by atoms with Crippen molar-refractivity contribution in [3.8, 4) is 0 Å². The van der Waals surface area contributed by atoms with Crippen molar-refractivity contribution in [2.24, 2.45) is 0 Å². The summed E-state index contributed by atoms with van der Waals surface area (Å²) in [6, 6.07) is 10.6. The number of rotatable bonds is 7. The lowest BCUT2D eigenvalue weighted by Gasteiger charge is -2.46. The van der Waals surface area contributed by atoms with Crippen LogP contribution in [0.4, 0.5) is 105 Å². The first kappa shape index (κ1) is 59.4. The Morgan fingerprint density at radius 3 is 0.896 bits per heavy atom. The summed E-state index contributed by atoms with van der Waals surface area (Å²) in [5.41, 5.74) is -28.4. The standard InChI is InChI=1S/C32H12BF24.C17H13NOS/c34-25(35,36)13-1-14(26(37,38)39)6-21(5-13)33(22-7-15(27(40,41)42)2-16(8-22)28(43,44)45,23-9-17(29(46,47)48)3-18(10-23)30(49,50)51)24-11-19(31(52,53)54)4-20(12-24)32(55,56)57;19-17(13-6-2-1-3-7-13)12-18-11-15(20)10-14-8-4-5-9-16(14)18/h1-12H;1-11H,12H2/q-1;/p+1. The van der Waals surface area contributed by atoms with E-state index < -0.39 is 195 Å². The number of alkyl halides is 24. The lowest BCUT2D eigenvalue weighted by atomic mass is 9.12. The van der Waals surface area contributed by atoms with Crippen LogP contribution in [0, 0.1) is 0 Å². The molecule has 0 aliphatic rings. The third-order valence-electron chi connectivity index (χ3n) is 11.7. The lowest BCUT2D eigenvalue weighted by Crippen LogP contribution is -2.75. The van der Waals surface area contributed by atoms with E-state index in [9.17, 15) is 110 Å². The molecular formula is C49H26BF24NOS. The topological polar surface area (TPSA) is 20.9 Å². The molecular weight excluding hydrogens is 1120 g/mol.